The van der Waals surface area contributed by atoms with Crippen molar-refractivity contribution in [1.29, 1.82) is 5.26 Å². The van der Waals surface area contributed by atoms with E-state index in [1.807, 2.05) is 36.4 Å². The second kappa shape index (κ2) is 3.22. The molecule has 3 heteroatoms. The number of nitrogens with two attached hydrogens (primary N) is 1. The Morgan fingerprint density at radius 2 is 2.00 bits per heavy atom. The second-order valence-corrected chi connectivity index (χ2v) is 4.73. The fraction of sp³-hybridized carbons (Fsp3) is 0. The molecular formula is C13H8N2S. The molecule has 0 aliphatic heterocycles. The van der Waals surface area contributed by atoms with Gasteiger partial charge in [-0.3, -0.25) is 0 Å². The van der Waals surface area contributed by atoms with E-state index in [1.54, 1.807) is 11.3 Å². The Balaban J connectivity index is 2.58. The van der Waals surface area contributed by atoms with Crippen molar-refractivity contribution in [2.75, 3.05) is 5.73 Å². The molecular weight excluding hydrogens is 216 g/mol. The van der Waals surface area contributed by atoms with Gasteiger partial charge < -0.3 is 5.73 Å². The first-order valence-corrected chi connectivity index (χ1v) is 5.72. The molecule has 0 radical (unpaired) electrons. The first kappa shape index (κ1) is 9.20. The third kappa shape index (κ3) is 1.17. The largest absolute Gasteiger partial charge is 0.399 e. The van der Waals surface area contributed by atoms with Crippen LogP contribution in [-0.4, -0.2) is 0 Å². The van der Waals surface area contributed by atoms with Gasteiger partial charge in [0.05, 0.1) is 11.6 Å². The van der Waals surface area contributed by atoms with Gasteiger partial charge in [0.15, 0.2) is 0 Å². The molecule has 3 rings (SSSR count). The van der Waals surface area contributed by atoms with Crippen molar-refractivity contribution in [2.24, 2.45) is 0 Å². The molecule has 2 nitrogen and oxygen atoms in total. The van der Waals surface area contributed by atoms with E-state index < -0.39 is 0 Å². The molecule has 16 heavy (non-hydrogen) atoms. The molecule has 0 aliphatic carbocycles. The second-order valence-electron chi connectivity index (χ2n) is 3.65. The lowest BCUT2D eigenvalue weighted by Crippen LogP contribution is -1.81. The Hall–Kier alpha value is -2.05. The number of hydrogen-bond acceptors (Lipinski definition) is 3. The summed E-state index contributed by atoms with van der Waals surface area (Å²) in [7, 11) is 0. The molecule has 0 aliphatic rings. The van der Waals surface area contributed by atoms with Crippen molar-refractivity contribution in [1.82, 2.24) is 0 Å². The van der Waals surface area contributed by atoms with E-state index in [0.29, 0.717) is 0 Å². The van der Waals surface area contributed by atoms with E-state index in [4.69, 9.17) is 11.0 Å². The number of hydrogen-bond donors (Lipinski definition) is 1. The minimum atomic E-state index is 0.730. The number of nitrogens with zero attached hydrogens (tertiary/aromatic N) is 1. The molecule has 0 spiro atoms. The van der Waals surface area contributed by atoms with Crippen LogP contribution in [0.3, 0.4) is 0 Å². The van der Waals surface area contributed by atoms with E-state index in [2.05, 4.69) is 6.07 Å². The zero-order valence-electron chi connectivity index (χ0n) is 8.40. The molecule has 1 heterocycles. The smallest absolute Gasteiger partial charge is 0.0998 e. The highest BCUT2D eigenvalue weighted by Crippen LogP contribution is 2.36. The van der Waals surface area contributed by atoms with Crippen LogP contribution in [0.4, 0.5) is 5.69 Å². The van der Waals surface area contributed by atoms with Crippen molar-refractivity contribution in [3.05, 3.63) is 42.0 Å². The lowest BCUT2D eigenvalue weighted by Gasteiger charge is -1.95. The molecule has 0 bridgehead atoms. The highest BCUT2D eigenvalue weighted by Gasteiger charge is 2.08. The minimum absolute atomic E-state index is 0.730. The normalized spacial score (nSPS) is 10.7. The molecule has 0 unspecified atom stereocenters. The topological polar surface area (TPSA) is 49.8 Å². The maximum Gasteiger partial charge on any atom is 0.0998 e. The van der Waals surface area contributed by atoms with Crippen LogP contribution in [0.1, 0.15) is 5.56 Å². The summed E-state index contributed by atoms with van der Waals surface area (Å²) in [6, 6.07) is 13.9. The number of nitriles is 1. The zero-order chi connectivity index (χ0) is 11.1. The molecule has 0 saturated carbocycles. The molecule has 76 valence electrons. The van der Waals surface area contributed by atoms with Gasteiger partial charge in [0, 0.05) is 25.9 Å². The molecule has 2 aromatic carbocycles. The van der Waals surface area contributed by atoms with Crippen LogP contribution in [0.25, 0.3) is 20.2 Å². The molecule has 1 aromatic heterocycles. The predicted octanol–water partition coefficient (Wildman–Crippen LogP) is 3.51. The van der Waals surface area contributed by atoms with Gasteiger partial charge in [-0.05, 0) is 24.3 Å². The number of thiophene rings is 1. The quantitative estimate of drug-likeness (QED) is 0.594. The van der Waals surface area contributed by atoms with Gasteiger partial charge >= 0.3 is 0 Å². The molecule has 0 amide bonds. The average molecular weight is 224 g/mol. The Morgan fingerprint density at radius 1 is 1.12 bits per heavy atom. The van der Waals surface area contributed by atoms with Crippen LogP contribution >= 0.6 is 11.3 Å². The summed E-state index contributed by atoms with van der Waals surface area (Å²) in [5.41, 5.74) is 7.25. The highest BCUT2D eigenvalue weighted by atomic mass is 32.1. The van der Waals surface area contributed by atoms with Gasteiger partial charge in [-0.2, -0.15) is 5.26 Å². The van der Waals surface area contributed by atoms with Crippen molar-refractivity contribution >= 4 is 37.2 Å². The van der Waals surface area contributed by atoms with Crippen LogP contribution in [0, 0.1) is 11.3 Å². The van der Waals surface area contributed by atoms with Gasteiger partial charge in [-0.15, -0.1) is 11.3 Å². The highest BCUT2D eigenvalue weighted by molar-refractivity contribution is 7.25. The number of nitrogen functional groups attached to an aromatic ring is 1. The van der Waals surface area contributed by atoms with Crippen molar-refractivity contribution in [3.8, 4) is 6.07 Å². The summed E-state index contributed by atoms with van der Waals surface area (Å²) in [5, 5.41) is 11.3. The van der Waals surface area contributed by atoms with Crippen LogP contribution in [0.15, 0.2) is 36.4 Å². The van der Waals surface area contributed by atoms with E-state index >= 15 is 0 Å². The monoisotopic (exact) mass is 224 g/mol. The van der Waals surface area contributed by atoms with Gasteiger partial charge in [0.1, 0.15) is 0 Å². The van der Waals surface area contributed by atoms with E-state index in [-0.39, 0.29) is 0 Å². The Morgan fingerprint density at radius 3 is 2.81 bits per heavy atom. The van der Waals surface area contributed by atoms with Crippen LogP contribution in [0.5, 0.6) is 0 Å². The standard InChI is InChI=1S/C13H8N2S/c14-7-8-2-1-3-11-13(8)10-5-4-9(15)6-12(10)16-11/h1-6H,15H2. The summed E-state index contributed by atoms with van der Waals surface area (Å²) in [6.07, 6.45) is 0. The lowest BCUT2D eigenvalue weighted by atomic mass is 10.1. The Kier molecular flexibility index (Phi) is 1.85. The zero-order valence-corrected chi connectivity index (χ0v) is 9.21. The third-order valence-electron chi connectivity index (χ3n) is 2.64. The average Bonchev–Trinajstić information content (AvgIpc) is 2.65. The van der Waals surface area contributed by atoms with Gasteiger partial charge in [0.2, 0.25) is 0 Å². The van der Waals surface area contributed by atoms with Gasteiger partial charge in [-0.1, -0.05) is 12.1 Å². The SMILES string of the molecule is N#Cc1cccc2sc3cc(N)ccc3c12. The molecule has 0 atom stereocenters. The summed E-state index contributed by atoms with van der Waals surface area (Å²) in [6.45, 7) is 0. The van der Waals surface area contributed by atoms with Crippen LogP contribution < -0.4 is 5.73 Å². The molecule has 0 fully saturated rings. The van der Waals surface area contributed by atoms with E-state index in [9.17, 15) is 0 Å². The van der Waals surface area contributed by atoms with Gasteiger partial charge in [0.25, 0.3) is 0 Å². The molecule has 2 N–H and O–H groups in total. The number of benzene rings is 2. The summed E-state index contributed by atoms with van der Waals surface area (Å²) >= 11 is 1.67. The Bertz CT molecular complexity index is 735. The summed E-state index contributed by atoms with van der Waals surface area (Å²) in [4.78, 5) is 0. The van der Waals surface area contributed by atoms with E-state index in [0.717, 1.165) is 31.4 Å². The van der Waals surface area contributed by atoms with E-state index in [1.165, 1.54) is 0 Å². The number of fused-ring (bicyclic) bond motifs is 3. The number of anilines is 1. The van der Waals surface area contributed by atoms with Gasteiger partial charge in [-0.25, -0.2) is 0 Å². The minimum Gasteiger partial charge on any atom is -0.399 e. The predicted molar refractivity (Wildman–Crippen MR) is 68.5 cm³/mol. The third-order valence-corrected chi connectivity index (χ3v) is 3.76. The van der Waals surface area contributed by atoms with Crippen LogP contribution in [0.2, 0.25) is 0 Å². The fourth-order valence-electron chi connectivity index (χ4n) is 1.94. The van der Waals surface area contributed by atoms with Crippen LogP contribution in [-0.2, 0) is 0 Å². The molecule has 3 aromatic rings. The first-order valence-electron chi connectivity index (χ1n) is 4.90. The summed E-state index contributed by atoms with van der Waals surface area (Å²) < 4.78 is 2.28. The van der Waals surface area contributed by atoms with Crippen molar-refractivity contribution < 1.29 is 0 Å². The Labute approximate surface area is 96.5 Å². The molecule has 0 saturated heterocycles. The fourth-order valence-corrected chi connectivity index (χ4v) is 3.12. The maximum absolute atomic E-state index is 9.10. The lowest BCUT2D eigenvalue weighted by molar-refractivity contribution is 1.51. The van der Waals surface area contributed by atoms with Crippen molar-refractivity contribution in [3.63, 3.8) is 0 Å². The maximum atomic E-state index is 9.10. The summed E-state index contributed by atoms with van der Waals surface area (Å²) in [5.74, 6) is 0. The van der Waals surface area contributed by atoms with Crippen molar-refractivity contribution in [2.45, 2.75) is 0 Å². The first-order chi connectivity index (χ1) is 7.79. The number of rotatable bonds is 0.